The summed E-state index contributed by atoms with van der Waals surface area (Å²) in [5.74, 6) is 0.770. The van der Waals surface area contributed by atoms with E-state index in [2.05, 4.69) is 5.32 Å². The maximum Gasteiger partial charge on any atom is 0.410 e. The lowest BCUT2D eigenvalue weighted by atomic mass is 10.1. The Bertz CT molecular complexity index is 710. The second-order valence-electron chi connectivity index (χ2n) is 6.74. The monoisotopic (exact) mass is 354 g/mol. The number of nitrogens with one attached hydrogen (secondary N) is 1. The molecule has 0 aliphatic carbocycles. The van der Waals surface area contributed by atoms with E-state index in [1.807, 2.05) is 73.3 Å². The molecule has 1 aliphatic heterocycles. The third-order valence-electron chi connectivity index (χ3n) is 4.55. The summed E-state index contributed by atoms with van der Waals surface area (Å²) in [5.41, 5.74) is 2.03. The van der Waals surface area contributed by atoms with Gasteiger partial charge in [0.15, 0.2) is 0 Å². The van der Waals surface area contributed by atoms with E-state index in [-0.39, 0.29) is 24.8 Å². The summed E-state index contributed by atoms with van der Waals surface area (Å²) in [4.78, 5) is 14.2. The first kappa shape index (κ1) is 18.3. The highest BCUT2D eigenvalue weighted by molar-refractivity contribution is 5.68. The molecule has 3 rings (SSSR count). The summed E-state index contributed by atoms with van der Waals surface area (Å²) in [7, 11) is 0. The Hall–Kier alpha value is -2.53. The average Bonchev–Trinajstić information content (AvgIpc) is 2.66. The molecule has 1 heterocycles. The second-order valence-corrected chi connectivity index (χ2v) is 6.74. The van der Waals surface area contributed by atoms with Crippen molar-refractivity contribution in [1.82, 2.24) is 10.2 Å². The van der Waals surface area contributed by atoms with Crippen molar-refractivity contribution in [3.63, 3.8) is 0 Å². The molecule has 2 atom stereocenters. The third kappa shape index (κ3) is 4.76. The fourth-order valence-corrected chi connectivity index (χ4v) is 3.18. The van der Waals surface area contributed by atoms with Gasteiger partial charge in [0.1, 0.15) is 19.0 Å². The van der Waals surface area contributed by atoms with Crippen LogP contribution in [0, 0.1) is 0 Å². The lowest BCUT2D eigenvalue weighted by molar-refractivity contribution is 0.0563. The van der Waals surface area contributed by atoms with Crippen molar-refractivity contribution in [3.05, 3.63) is 65.7 Å². The van der Waals surface area contributed by atoms with E-state index < -0.39 is 0 Å². The van der Waals surface area contributed by atoms with Crippen molar-refractivity contribution in [2.24, 2.45) is 0 Å². The summed E-state index contributed by atoms with van der Waals surface area (Å²) in [5, 5.41) is 3.31. The highest BCUT2D eigenvalue weighted by atomic mass is 16.6. The summed E-state index contributed by atoms with van der Waals surface area (Å²) in [6, 6.07) is 18.0. The average molecular weight is 354 g/mol. The van der Waals surface area contributed by atoms with Crippen molar-refractivity contribution in [3.8, 4) is 5.75 Å². The minimum Gasteiger partial charge on any atom is -0.489 e. The van der Waals surface area contributed by atoms with Crippen LogP contribution in [0.25, 0.3) is 0 Å². The van der Waals surface area contributed by atoms with E-state index >= 15 is 0 Å². The SMILES string of the molecule is C[C@@H]1CNC[C@H](C)N1C(=O)OCc1cccc(OCc2ccccc2)c1. The van der Waals surface area contributed by atoms with Crippen LogP contribution in [-0.4, -0.2) is 36.2 Å². The van der Waals surface area contributed by atoms with E-state index in [9.17, 15) is 4.79 Å². The highest BCUT2D eigenvalue weighted by Gasteiger charge is 2.29. The van der Waals surface area contributed by atoms with Gasteiger partial charge in [0.25, 0.3) is 0 Å². The molecule has 0 saturated carbocycles. The fraction of sp³-hybridized carbons (Fsp3) is 0.381. The molecule has 1 fully saturated rings. The van der Waals surface area contributed by atoms with Gasteiger partial charge in [-0.3, -0.25) is 0 Å². The van der Waals surface area contributed by atoms with Crippen molar-refractivity contribution in [2.45, 2.75) is 39.1 Å². The quantitative estimate of drug-likeness (QED) is 0.892. The number of ether oxygens (including phenoxy) is 2. The minimum atomic E-state index is -0.262. The van der Waals surface area contributed by atoms with Crippen molar-refractivity contribution >= 4 is 6.09 Å². The number of nitrogens with zero attached hydrogens (tertiary/aromatic N) is 1. The van der Waals surface area contributed by atoms with Crippen LogP contribution in [0.4, 0.5) is 4.79 Å². The number of piperazine rings is 1. The van der Waals surface area contributed by atoms with Crippen molar-refractivity contribution < 1.29 is 14.3 Å². The van der Waals surface area contributed by atoms with Crippen LogP contribution in [0.5, 0.6) is 5.75 Å². The number of hydrogen-bond acceptors (Lipinski definition) is 4. The Morgan fingerprint density at radius 1 is 1.00 bits per heavy atom. The number of hydrogen-bond donors (Lipinski definition) is 1. The zero-order valence-electron chi connectivity index (χ0n) is 15.4. The van der Waals surface area contributed by atoms with Crippen LogP contribution in [0.3, 0.4) is 0 Å². The van der Waals surface area contributed by atoms with Crippen LogP contribution in [0.15, 0.2) is 54.6 Å². The number of carbonyl (C=O) groups excluding carboxylic acids is 1. The van der Waals surface area contributed by atoms with E-state index in [0.717, 1.165) is 30.0 Å². The topological polar surface area (TPSA) is 50.8 Å². The molecule has 0 unspecified atom stereocenters. The standard InChI is InChI=1S/C21H26N2O3/c1-16-12-22-13-17(2)23(16)21(24)26-15-19-9-6-10-20(11-19)25-14-18-7-4-3-5-8-18/h3-11,16-17,22H,12-15H2,1-2H3/t16-,17+. The summed E-state index contributed by atoms with van der Waals surface area (Å²) in [6.45, 7) is 6.40. The predicted molar refractivity (Wildman–Crippen MR) is 101 cm³/mol. The van der Waals surface area contributed by atoms with Crippen LogP contribution < -0.4 is 10.1 Å². The van der Waals surface area contributed by atoms with Crippen LogP contribution in [-0.2, 0) is 18.0 Å². The van der Waals surface area contributed by atoms with Gasteiger partial charge < -0.3 is 19.7 Å². The van der Waals surface area contributed by atoms with E-state index in [1.54, 1.807) is 0 Å². The molecule has 0 spiro atoms. The number of rotatable bonds is 5. The van der Waals surface area contributed by atoms with E-state index in [1.165, 1.54) is 0 Å². The number of carbonyl (C=O) groups is 1. The van der Waals surface area contributed by atoms with Crippen molar-refractivity contribution in [2.75, 3.05) is 13.1 Å². The lowest BCUT2D eigenvalue weighted by Crippen LogP contribution is -2.57. The number of benzene rings is 2. The molecule has 138 valence electrons. The maximum atomic E-state index is 12.4. The highest BCUT2D eigenvalue weighted by Crippen LogP contribution is 2.17. The van der Waals surface area contributed by atoms with Gasteiger partial charge in [-0.05, 0) is 37.1 Å². The Morgan fingerprint density at radius 3 is 2.42 bits per heavy atom. The largest absolute Gasteiger partial charge is 0.489 e. The third-order valence-corrected chi connectivity index (χ3v) is 4.55. The summed E-state index contributed by atoms with van der Waals surface area (Å²) < 4.78 is 11.4. The number of amides is 1. The predicted octanol–water partition coefficient (Wildman–Crippen LogP) is 3.58. The van der Waals surface area contributed by atoms with Gasteiger partial charge in [0, 0.05) is 25.2 Å². The Labute approximate surface area is 154 Å². The molecule has 1 amide bonds. The Balaban J connectivity index is 1.54. The molecule has 0 bridgehead atoms. The van der Waals surface area contributed by atoms with Crippen LogP contribution in [0.1, 0.15) is 25.0 Å². The van der Waals surface area contributed by atoms with Gasteiger partial charge in [-0.1, -0.05) is 42.5 Å². The minimum absolute atomic E-state index is 0.131. The Morgan fingerprint density at radius 2 is 1.69 bits per heavy atom. The molecule has 2 aromatic carbocycles. The molecule has 1 saturated heterocycles. The first-order valence-corrected chi connectivity index (χ1v) is 9.05. The van der Waals surface area contributed by atoms with Crippen LogP contribution >= 0.6 is 0 Å². The first-order valence-electron chi connectivity index (χ1n) is 9.05. The fourth-order valence-electron chi connectivity index (χ4n) is 3.18. The molecule has 0 aromatic heterocycles. The smallest absolute Gasteiger partial charge is 0.410 e. The van der Waals surface area contributed by atoms with Gasteiger partial charge >= 0.3 is 6.09 Å². The molecular formula is C21H26N2O3. The van der Waals surface area contributed by atoms with Gasteiger partial charge in [-0.2, -0.15) is 0 Å². The maximum absolute atomic E-state index is 12.4. The van der Waals surface area contributed by atoms with Gasteiger partial charge in [0.2, 0.25) is 0 Å². The summed E-state index contributed by atoms with van der Waals surface area (Å²) >= 11 is 0. The molecule has 1 aliphatic rings. The molecule has 0 radical (unpaired) electrons. The van der Waals surface area contributed by atoms with Gasteiger partial charge in [-0.25, -0.2) is 4.79 Å². The van der Waals surface area contributed by atoms with Crippen LogP contribution in [0.2, 0.25) is 0 Å². The lowest BCUT2D eigenvalue weighted by Gasteiger charge is -2.38. The molecule has 26 heavy (non-hydrogen) atoms. The molecule has 2 aromatic rings. The van der Waals surface area contributed by atoms with Crippen molar-refractivity contribution in [1.29, 1.82) is 0 Å². The second kappa shape index (κ2) is 8.72. The summed E-state index contributed by atoms with van der Waals surface area (Å²) in [6.07, 6.45) is -0.262. The molecular weight excluding hydrogens is 328 g/mol. The molecule has 1 N–H and O–H groups in total. The zero-order valence-corrected chi connectivity index (χ0v) is 15.4. The van der Waals surface area contributed by atoms with Gasteiger partial charge in [-0.15, -0.1) is 0 Å². The molecule has 5 nitrogen and oxygen atoms in total. The zero-order chi connectivity index (χ0) is 18.4. The van der Waals surface area contributed by atoms with E-state index in [0.29, 0.717) is 6.61 Å². The van der Waals surface area contributed by atoms with E-state index in [4.69, 9.17) is 9.47 Å². The molecule has 5 heteroatoms. The van der Waals surface area contributed by atoms with Gasteiger partial charge in [0.05, 0.1) is 0 Å². The normalized spacial score (nSPS) is 19.8. The first-order chi connectivity index (χ1) is 12.6. The Kier molecular flexibility index (Phi) is 6.12.